The van der Waals surface area contributed by atoms with Gasteiger partial charge in [-0.1, -0.05) is 13.8 Å². The van der Waals surface area contributed by atoms with Gasteiger partial charge in [-0.3, -0.25) is 0 Å². The van der Waals surface area contributed by atoms with Crippen LogP contribution in [0.3, 0.4) is 0 Å². The molecule has 1 aliphatic rings. The summed E-state index contributed by atoms with van der Waals surface area (Å²) in [5.41, 5.74) is 0.337. The number of sulfonamides is 1. The zero-order chi connectivity index (χ0) is 14.9. The van der Waals surface area contributed by atoms with Crippen molar-refractivity contribution in [3.8, 4) is 0 Å². The van der Waals surface area contributed by atoms with Gasteiger partial charge in [0.15, 0.2) is 0 Å². The van der Waals surface area contributed by atoms with Crippen LogP contribution in [0.2, 0.25) is 0 Å². The quantitative estimate of drug-likeness (QED) is 0.901. The van der Waals surface area contributed by atoms with Gasteiger partial charge in [0.2, 0.25) is 10.0 Å². The van der Waals surface area contributed by atoms with Crippen molar-refractivity contribution in [3.63, 3.8) is 0 Å². The molecule has 0 aromatic heterocycles. The van der Waals surface area contributed by atoms with E-state index in [1.54, 1.807) is 0 Å². The molecule has 3 N–H and O–H groups in total. The van der Waals surface area contributed by atoms with Crippen LogP contribution in [0, 0.1) is 17.7 Å². The average Bonchev–Trinajstić information content (AvgIpc) is 2.29. The number of halogens is 1. The van der Waals surface area contributed by atoms with Crippen molar-refractivity contribution in [2.24, 2.45) is 17.0 Å². The van der Waals surface area contributed by atoms with Crippen LogP contribution in [-0.4, -0.2) is 14.5 Å². The van der Waals surface area contributed by atoms with Crippen LogP contribution in [0.4, 0.5) is 10.1 Å². The second-order valence-corrected chi connectivity index (χ2v) is 7.51. The van der Waals surface area contributed by atoms with Gasteiger partial charge in [-0.05, 0) is 49.3 Å². The summed E-state index contributed by atoms with van der Waals surface area (Å²) in [7, 11) is -3.86. The maximum absolute atomic E-state index is 13.9. The van der Waals surface area contributed by atoms with Crippen molar-refractivity contribution in [1.82, 2.24) is 0 Å². The monoisotopic (exact) mass is 300 g/mol. The van der Waals surface area contributed by atoms with Gasteiger partial charge in [-0.25, -0.2) is 17.9 Å². The molecule has 4 nitrogen and oxygen atoms in total. The predicted octanol–water partition coefficient (Wildman–Crippen LogP) is 2.71. The number of nitrogens with two attached hydrogens (primary N) is 1. The van der Waals surface area contributed by atoms with E-state index in [0.717, 1.165) is 18.9 Å². The number of rotatable bonds is 3. The molecule has 1 aromatic carbocycles. The van der Waals surface area contributed by atoms with E-state index in [1.165, 1.54) is 18.6 Å². The smallest absolute Gasteiger partial charge is 0.238 e. The molecular formula is C14H21FN2O2S. The second kappa shape index (κ2) is 5.69. The lowest BCUT2D eigenvalue weighted by Crippen LogP contribution is -2.30. The van der Waals surface area contributed by atoms with Crippen LogP contribution in [0.15, 0.2) is 23.1 Å². The van der Waals surface area contributed by atoms with Crippen LogP contribution < -0.4 is 10.5 Å². The first-order valence-corrected chi connectivity index (χ1v) is 8.39. The summed E-state index contributed by atoms with van der Waals surface area (Å²) >= 11 is 0. The lowest BCUT2D eigenvalue weighted by Gasteiger charge is -2.32. The minimum atomic E-state index is -3.86. The Bertz CT molecular complexity index is 579. The predicted molar refractivity (Wildman–Crippen MR) is 77.4 cm³/mol. The Balaban J connectivity index is 2.14. The largest absolute Gasteiger partial charge is 0.380 e. The Kier molecular flexibility index (Phi) is 4.34. The van der Waals surface area contributed by atoms with E-state index in [1.807, 2.05) is 0 Å². The number of benzene rings is 1. The Morgan fingerprint density at radius 1 is 1.20 bits per heavy atom. The second-order valence-electron chi connectivity index (χ2n) is 5.95. The van der Waals surface area contributed by atoms with Crippen LogP contribution in [0.1, 0.15) is 33.1 Å². The van der Waals surface area contributed by atoms with Crippen LogP contribution in [-0.2, 0) is 10.0 Å². The minimum absolute atomic E-state index is 0.203. The Morgan fingerprint density at radius 2 is 1.80 bits per heavy atom. The molecule has 0 saturated heterocycles. The van der Waals surface area contributed by atoms with E-state index >= 15 is 0 Å². The van der Waals surface area contributed by atoms with Crippen molar-refractivity contribution in [3.05, 3.63) is 24.0 Å². The summed E-state index contributed by atoms with van der Waals surface area (Å²) < 4.78 is 36.3. The van der Waals surface area contributed by atoms with Gasteiger partial charge in [-0.2, -0.15) is 0 Å². The molecule has 2 rings (SSSR count). The van der Waals surface area contributed by atoms with Gasteiger partial charge in [0.1, 0.15) is 5.82 Å². The van der Waals surface area contributed by atoms with Crippen LogP contribution >= 0.6 is 0 Å². The van der Waals surface area contributed by atoms with Crippen molar-refractivity contribution < 1.29 is 12.8 Å². The Morgan fingerprint density at radius 3 is 2.30 bits per heavy atom. The fourth-order valence-electron chi connectivity index (χ4n) is 3.07. The third-order valence-electron chi connectivity index (χ3n) is 3.81. The van der Waals surface area contributed by atoms with Crippen molar-refractivity contribution in [1.29, 1.82) is 0 Å². The third kappa shape index (κ3) is 3.70. The molecule has 20 heavy (non-hydrogen) atoms. The first kappa shape index (κ1) is 15.3. The normalized spacial score (nSPS) is 27.3. The molecule has 0 aliphatic heterocycles. The number of hydrogen-bond acceptors (Lipinski definition) is 3. The van der Waals surface area contributed by atoms with E-state index < -0.39 is 15.8 Å². The summed E-state index contributed by atoms with van der Waals surface area (Å²) in [6.45, 7) is 4.40. The Hall–Kier alpha value is -1.14. The van der Waals surface area contributed by atoms with Crippen LogP contribution in [0.25, 0.3) is 0 Å². The van der Waals surface area contributed by atoms with Crippen molar-refractivity contribution in [2.75, 3.05) is 5.32 Å². The first-order chi connectivity index (χ1) is 9.25. The van der Waals surface area contributed by atoms with Gasteiger partial charge in [0.25, 0.3) is 0 Å². The highest BCUT2D eigenvalue weighted by Crippen LogP contribution is 2.31. The molecule has 0 radical (unpaired) electrons. The molecule has 0 heterocycles. The Labute approximate surface area is 119 Å². The van der Waals surface area contributed by atoms with Crippen LogP contribution in [0.5, 0.6) is 0 Å². The lowest BCUT2D eigenvalue weighted by molar-refractivity contribution is 0.280. The van der Waals surface area contributed by atoms with Crippen molar-refractivity contribution >= 4 is 15.7 Å². The zero-order valence-corrected chi connectivity index (χ0v) is 12.6. The lowest BCUT2D eigenvalue weighted by atomic mass is 9.80. The fraction of sp³-hybridized carbons (Fsp3) is 0.571. The fourth-order valence-corrected chi connectivity index (χ4v) is 3.60. The molecule has 1 saturated carbocycles. The average molecular weight is 300 g/mol. The molecule has 0 spiro atoms. The molecule has 6 heteroatoms. The van der Waals surface area contributed by atoms with Gasteiger partial charge in [0.05, 0.1) is 10.6 Å². The molecule has 1 aromatic rings. The number of anilines is 1. The topological polar surface area (TPSA) is 72.2 Å². The summed E-state index contributed by atoms with van der Waals surface area (Å²) in [4.78, 5) is -0.203. The van der Waals surface area contributed by atoms with Crippen molar-refractivity contribution in [2.45, 2.75) is 44.0 Å². The molecule has 0 bridgehead atoms. The zero-order valence-electron chi connectivity index (χ0n) is 11.8. The van der Waals surface area contributed by atoms with Gasteiger partial charge < -0.3 is 5.32 Å². The van der Waals surface area contributed by atoms with E-state index in [-0.39, 0.29) is 10.9 Å². The summed E-state index contributed by atoms with van der Waals surface area (Å²) in [6.07, 6.45) is 3.20. The highest BCUT2D eigenvalue weighted by Gasteiger charge is 2.24. The standard InChI is InChI=1S/C14H21FN2O2S/c1-9-5-10(2)7-11(6-9)17-14-4-3-12(8-13(14)15)20(16,18)19/h3-4,8-11,17H,5-7H2,1-2H3,(H2,16,18,19). The highest BCUT2D eigenvalue weighted by atomic mass is 32.2. The van der Waals surface area contributed by atoms with Gasteiger partial charge in [0, 0.05) is 6.04 Å². The molecule has 2 atom stereocenters. The molecule has 2 unspecified atom stereocenters. The molecule has 0 amide bonds. The van der Waals surface area contributed by atoms with E-state index in [9.17, 15) is 12.8 Å². The van der Waals surface area contributed by atoms with E-state index in [0.29, 0.717) is 17.5 Å². The third-order valence-corrected chi connectivity index (χ3v) is 4.72. The molecule has 1 aliphatic carbocycles. The molecule has 112 valence electrons. The number of hydrogen-bond donors (Lipinski definition) is 2. The summed E-state index contributed by atoms with van der Waals surface area (Å²) in [6, 6.07) is 3.96. The maximum Gasteiger partial charge on any atom is 0.238 e. The number of nitrogens with one attached hydrogen (secondary N) is 1. The molecular weight excluding hydrogens is 279 g/mol. The van der Waals surface area contributed by atoms with E-state index in [4.69, 9.17) is 5.14 Å². The SMILES string of the molecule is CC1CC(C)CC(Nc2ccc(S(N)(=O)=O)cc2F)C1. The van der Waals surface area contributed by atoms with E-state index in [2.05, 4.69) is 19.2 Å². The minimum Gasteiger partial charge on any atom is -0.380 e. The summed E-state index contributed by atoms with van der Waals surface area (Å²) in [5.74, 6) is 0.647. The van der Waals surface area contributed by atoms with Gasteiger partial charge >= 0.3 is 0 Å². The van der Waals surface area contributed by atoms with Gasteiger partial charge in [-0.15, -0.1) is 0 Å². The summed E-state index contributed by atoms with van der Waals surface area (Å²) in [5, 5.41) is 8.16. The molecule has 1 fully saturated rings. The maximum atomic E-state index is 13.9. The number of primary sulfonamides is 1. The first-order valence-electron chi connectivity index (χ1n) is 6.84. The highest BCUT2D eigenvalue weighted by molar-refractivity contribution is 7.89.